The third-order valence-corrected chi connectivity index (χ3v) is 4.47. The van der Waals surface area contributed by atoms with Gasteiger partial charge in [-0.3, -0.25) is 4.79 Å². The number of hydrogen-bond donors (Lipinski definition) is 1. The van der Waals surface area contributed by atoms with Crippen LogP contribution in [-0.2, 0) is 11.2 Å². The second-order valence-corrected chi connectivity index (χ2v) is 5.70. The van der Waals surface area contributed by atoms with Gasteiger partial charge in [0.15, 0.2) is 0 Å². The van der Waals surface area contributed by atoms with E-state index in [1.807, 2.05) is 0 Å². The molecule has 0 amide bonds. The second-order valence-electron chi connectivity index (χ2n) is 3.53. The van der Waals surface area contributed by atoms with E-state index in [9.17, 15) is 4.79 Å². The Morgan fingerprint density at radius 2 is 2.29 bits per heavy atom. The molecule has 2 aromatic rings. The van der Waals surface area contributed by atoms with Crippen LogP contribution in [-0.4, -0.2) is 26.8 Å². The standard InChI is InChI=1S/C11H12N2O2S2/c1-3-7-6(2)17-11-9(7)10(12-5-13-11)16-4-8(14)15/h5H,3-4H2,1-2H3,(H,14,15). The van der Waals surface area contributed by atoms with Crippen LogP contribution >= 0.6 is 23.1 Å². The van der Waals surface area contributed by atoms with Gasteiger partial charge in [0.05, 0.1) is 5.75 Å². The van der Waals surface area contributed by atoms with Crippen molar-refractivity contribution < 1.29 is 9.90 Å². The van der Waals surface area contributed by atoms with E-state index in [4.69, 9.17) is 5.11 Å². The summed E-state index contributed by atoms with van der Waals surface area (Å²) in [6, 6.07) is 0. The van der Waals surface area contributed by atoms with E-state index in [0.29, 0.717) is 0 Å². The maximum atomic E-state index is 10.6. The molecule has 2 aromatic heterocycles. The van der Waals surface area contributed by atoms with Gasteiger partial charge in [0.25, 0.3) is 0 Å². The Hall–Kier alpha value is -1.14. The molecule has 1 N–H and O–H groups in total. The summed E-state index contributed by atoms with van der Waals surface area (Å²) < 4.78 is 0. The topological polar surface area (TPSA) is 63.1 Å². The minimum Gasteiger partial charge on any atom is -0.481 e. The Kier molecular flexibility index (Phi) is 3.63. The fourth-order valence-corrected chi connectivity index (χ4v) is 3.63. The van der Waals surface area contributed by atoms with Crippen molar-refractivity contribution in [3.63, 3.8) is 0 Å². The van der Waals surface area contributed by atoms with E-state index in [1.54, 1.807) is 11.3 Å². The lowest BCUT2D eigenvalue weighted by atomic mass is 10.1. The fourth-order valence-electron chi connectivity index (χ4n) is 1.74. The fraction of sp³-hybridized carbons (Fsp3) is 0.364. The molecule has 6 heteroatoms. The second kappa shape index (κ2) is 5.01. The average Bonchev–Trinajstić information content (AvgIpc) is 2.62. The van der Waals surface area contributed by atoms with Crippen LogP contribution in [0.2, 0.25) is 0 Å². The van der Waals surface area contributed by atoms with Crippen LogP contribution in [0.5, 0.6) is 0 Å². The van der Waals surface area contributed by atoms with Gasteiger partial charge in [0, 0.05) is 10.3 Å². The van der Waals surface area contributed by atoms with Crippen LogP contribution in [0.15, 0.2) is 11.4 Å². The molecule has 0 saturated heterocycles. The molecule has 0 fully saturated rings. The van der Waals surface area contributed by atoms with Gasteiger partial charge in [-0.15, -0.1) is 11.3 Å². The molecule has 0 aliphatic carbocycles. The highest BCUT2D eigenvalue weighted by atomic mass is 32.2. The molecule has 90 valence electrons. The number of aryl methyl sites for hydroxylation is 2. The first kappa shape index (κ1) is 12.3. The van der Waals surface area contributed by atoms with Gasteiger partial charge in [-0.25, -0.2) is 9.97 Å². The zero-order chi connectivity index (χ0) is 12.4. The van der Waals surface area contributed by atoms with Crippen molar-refractivity contribution in [2.45, 2.75) is 25.3 Å². The van der Waals surface area contributed by atoms with Crippen LogP contribution in [0.1, 0.15) is 17.4 Å². The van der Waals surface area contributed by atoms with Gasteiger partial charge >= 0.3 is 5.97 Å². The molecule has 0 aliphatic heterocycles. The van der Waals surface area contributed by atoms with Gasteiger partial charge in [0.2, 0.25) is 0 Å². The van der Waals surface area contributed by atoms with Gasteiger partial charge in [-0.2, -0.15) is 0 Å². The smallest absolute Gasteiger partial charge is 0.313 e. The van der Waals surface area contributed by atoms with Crippen LogP contribution in [0, 0.1) is 6.92 Å². The number of fused-ring (bicyclic) bond motifs is 1. The van der Waals surface area contributed by atoms with E-state index in [0.717, 1.165) is 21.7 Å². The molecular formula is C11H12N2O2S2. The minimum absolute atomic E-state index is 0.0319. The SMILES string of the molecule is CCc1c(C)sc2ncnc(SCC(=O)O)c12. The number of hydrogen-bond acceptors (Lipinski definition) is 5. The van der Waals surface area contributed by atoms with Gasteiger partial charge in [0.1, 0.15) is 16.2 Å². The van der Waals surface area contributed by atoms with Crippen molar-refractivity contribution in [1.29, 1.82) is 0 Å². The highest BCUT2D eigenvalue weighted by molar-refractivity contribution is 8.00. The first-order chi connectivity index (χ1) is 8.13. The number of rotatable bonds is 4. The van der Waals surface area contributed by atoms with E-state index in [1.165, 1.54) is 28.5 Å². The summed E-state index contributed by atoms with van der Waals surface area (Å²) in [5.41, 5.74) is 1.23. The summed E-state index contributed by atoms with van der Waals surface area (Å²) in [7, 11) is 0. The molecule has 0 aromatic carbocycles. The van der Waals surface area contributed by atoms with Crippen LogP contribution < -0.4 is 0 Å². The number of nitrogens with zero attached hydrogens (tertiary/aromatic N) is 2. The first-order valence-corrected chi connectivity index (χ1v) is 7.01. The van der Waals surface area contributed by atoms with Crippen molar-refractivity contribution in [3.8, 4) is 0 Å². The Bertz CT molecular complexity index is 566. The van der Waals surface area contributed by atoms with Gasteiger partial charge < -0.3 is 5.11 Å². The Morgan fingerprint density at radius 1 is 1.53 bits per heavy atom. The van der Waals surface area contributed by atoms with Crippen molar-refractivity contribution >= 4 is 39.3 Å². The van der Waals surface area contributed by atoms with Crippen LogP contribution in [0.25, 0.3) is 10.2 Å². The largest absolute Gasteiger partial charge is 0.481 e. The molecular weight excluding hydrogens is 256 g/mol. The number of carboxylic acids is 1. The lowest BCUT2D eigenvalue weighted by molar-refractivity contribution is -0.133. The average molecular weight is 268 g/mol. The third-order valence-electron chi connectivity index (χ3n) is 2.44. The van der Waals surface area contributed by atoms with E-state index >= 15 is 0 Å². The van der Waals surface area contributed by atoms with E-state index in [2.05, 4.69) is 23.8 Å². The summed E-state index contributed by atoms with van der Waals surface area (Å²) in [4.78, 5) is 21.2. The predicted molar refractivity (Wildman–Crippen MR) is 69.9 cm³/mol. The normalized spacial score (nSPS) is 10.9. The predicted octanol–water partition coefficient (Wildman–Crippen LogP) is 2.74. The Balaban J connectivity index is 2.50. The summed E-state index contributed by atoms with van der Waals surface area (Å²) >= 11 is 2.90. The summed E-state index contributed by atoms with van der Waals surface area (Å²) in [6.45, 7) is 4.16. The molecule has 0 radical (unpaired) electrons. The highest BCUT2D eigenvalue weighted by Crippen LogP contribution is 2.35. The molecule has 0 unspecified atom stereocenters. The number of thiophene rings is 1. The van der Waals surface area contributed by atoms with Crippen molar-refractivity contribution in [3.05, 3.63) is 16.8 Å². The molecule has 0 aliphatic rings. The summed E-state index contributed by atoms with van der Waals surface area (Å²) in [6.07, 6.45) is 2.42. The van der Waals surface area contributed by atoms with Gasteiger partial charge in [-0.1, -0.05) is 18.7 Å². The zero-order valence-corrected chi connectivity index (χ0v) is 11.2. The zero-order valence-electron chi connectivity index (χ0n) is 9.56. The molecule has 0 bridgehead atoms. The van der Waals surface area contributed by atoms with Crippen LogP contribution in [0.3, 0.4) is 0 Å². The Morgan fingerprint density at radius 3 is 2.94 bits per heavy atom. The Labute approximate surface area is 107 Å². The summed E-state index contributed by atoms with van der Waals surface area (Å²) in [5, 5.41) is 10.5. The quantitative estimate of drug-likeness (QED) is 0.682. The first-order valence-electron chi connectivity index (χ1n) is 5.21. The minimum atomic E-state index is -0.827. The van der Waals surface area contributed by atoms with Crippen molar-refractivity contribution in [1.82, 2.24) is 9.97 Å². The van der Waals surface area contributed by atoms with Crippen molar-refractivity contribution in [2.24, 2.45) is 0 Å². The van der Waals surface area contributed by atoms with Crippen molar-refractivity contribution in [2.75, 3.05) is 5.75 Å². The highest BCUT2D eigenvalue weighted by Gasteiger charge is 2.14. The van der Waals surface area contributed by atoms with E-state index < -0.39 is 5.97 Å². The molecule has 0 saturated carbocycles. The molecule has 0 atom stereocenters. The molecule has 2 heterocycles. The van der Waals surface area contributed by atoms with E-state index in [-0.39, 0.29) is 5.75 Å². The number of aromatic nitrogens is 2. The van der Waals surface area contributed by atoms with Crippen LogP contribution in [0.4, 0.5) is 0 Å². The molecule has 17 heavy (non-hydrogen) atoms. The number of aliphatic carboxylic acids is 1. The molecule has 0 spiro atoms. The van der Waals surface area contributed by atoms with Gasteiger partial charge in [-0.05, 0) is 18.9 Å². The maximum Gasteiger partial charge on any atom is 0.313 e. The molecule has 4 nitrogen and oxygen atoms in total. The number of carbonyl (C=O) groups is 1. The monoisotopic (exact) mass is 268 g/mol. The maximum absolute atomic E-state index is 10.6. The number of carboxylic acid groups (broad SMARTS) is 1. The molecule has 2 rings (SSSR count). The summed E-state index contributed by atoms with van der Waals surface area (Å²) in [5.74, 6) is -0.795. The lowest BCUT2D eigenvalue weighted by Crippen LogP contribution is -1.98. The third kappa shape index (κ3) is 2.42. The lowest BCUT2D eigenvalue weighted by Gasteiger charge is -2.02. The number of thioether (sulfide) groups is 1.